The highest BCUT2D eigenvalue weighted by atomic mass is 19.2. The van der Waals surface area contributed by atoms with Gasteiger partial charge in [-0.3, -0.25) is 13.8 Å². The molecule has 0 spiro atoms. The maximum atomic E-state index is 15.4. The average molecular weight is 493 g/mol. The molecule has 0 unspecified atom stereocenters. The molecule has 1 N–H and O–H groups in total. The Bertz CT molecular complexity index is 1700. The Labute approximate surface area is 203 Å². The van der Waals surface area contributed by atoms with Gasteiger partial charge in [0.05, 0.1) is 34.2 Å². The van der Waals surface area contributed by atoms with Crippen LogP contribution in [-0.4, -0.2) is 35.2 Å². The predicted octanol–water partition coefficient (Wildman–Crippen LogP) is 3.63. The summed E-state index contributed by atoms with van der Waals surface area (Å²) in [7, 11) is 1.71. The Morgan fingerprint density at radius 1 is 1.08 bits per heavy atom. The van der Waals surface area contributed by atoms with Crippen LogP contribution in [0.2, 0.25) is 0 Å². The molecule has 1 aliphatic rings. The van der Waals surface area contributed by atoms with Crippen LogP contribution in [0.15, 0.2) is 47.7 Å². The Morgan fingerprint density at radius 3 is 2.64 bits per heavy atom. The molecule has 0 amide bonds. The minimum atomic E-state index is -1.01. The van der Waals surface area contributed by atoms with Crippen molar-refractivity contribution in [3.8, 4) is 17.2 Å². The number of rotatable bonds is 3. The van der Waals surface area contributed by atoms with Gasteiger partial charge in [-0.15, -0.1) is 0 Å². The van der Waals surface area contributed by atoms with E-state index in [1.54, 1.807) is 17.8 Å². The lowest BCUT2D eigenvalue weighted by atomic mass is 10.0. The zero-order chi connectivity index (χ0) is 25.3. The summed E-state index contributed by atoms with van der Waals surface area (Å²) in [6.45, 7) is 4.10. The van der Waals surface area contributed by atoms with Gasteiger partial charge in [0.15, 0.2) is 17.5 Å². The van der Waals surface area contributed by atoms with Crippen molar-refractivity contribution in [1.82, 2.24) is 34.0 Å². The summed E-state index contributed by atoms with van der Waals surface area (Å²) < 4.78 is 49.3. The second-order valence-electron chi connectivity index (χ2n) is 9.00. The Morgan fingerprint density at radius 2 is 1.86 bits per heavy atom. The van der Waals surface area contributed by atoms with E-state index in [-0.39, 0.29) is 23.0 Å². The lowest BCUT2D eigenvalue weighted by Crippen LogP contribution is -2.30. The van der Waals surface area contributed by atoms with E-state index in [0.717, 1.165) is 17.3 Å². The lowest BCUT2D eigenvalue weighted by molar-refractivity contribution is 0.501. The van der Waals surface area contributed by atoms with Gasteiger partial charge in [0.1, 0.15) is 5.82 Å². The highest BCUT2D eigenvalue weighted by Gasteiger charge is 2.29. The minimum Gasteiger partial charge on any atom is -0.310 e. The molecule has 4 heterocycles. The van der Waals surface area contributed by atoms with Crippen molar-refractivity contribution in [2.75, 3.05) is 6.54 Å². The van der Waals surface area contributed by atoms with Crippen LogP contribution in [0.1, 0.15) is 29.8 Å². The van der Waals surface area contributed by atoms with E-state index in [1.165, 1.54) is 51.5 Å². The first-order valence-corrected chi connectivity index (χ1v) is 11.5. The van der Waals surface area contributed by atoms with Crippen molar-refractivity contribution >= 4 is 10.9 Å². The zero-order valence-corrected chi connectivity index (χ0v) is 19.8. The summed E-state index contributed by atoms with van der Waals surface area (Å²) in [5.74, 6) is -2.12. The topological polar surface area (TPSA) is 74.6 Å². The number of fused-ring (bicyclic) bond motifs is 2. The first-order valence-electron chi connectivity index (χ1n) is 11.5. The molecule has 0 radical (unpaired) electrons. The molecular weight excluding hydrogens is 471 g/mol. The maximum Gasteiger partial charge on any atom is 0.338 e. The van der Waals surface area contributed by atoms with Gasteiger partial charge in [-0.25, -0.2) is 22.6 Å². The van der Waals surface area contributed by atoms with Crippen LogP contribution in [0.3, 0.4) is 0 Å². The zero-order valence-electron chi connectivity index (χ0n) is 19.8. The molecule has 0 saturated carbocycles. The van der Waals surface area contributed by atoms with Gasteiger partial charge in [0.2, 0.25) is 0 Å². The summed E-state index contributed by atoms with van der Waals surface area (Å²) in [5, 5.41) is 12.4. The van der Waals surface area contributed by atoms with Crippen molar-refractivity contribution in [2.45, 2.75) is 26.3 Å². The molecular formula is C25H22F3N7O. The molecule has 0 saturated heterocycles. The largest absolute Gasteiger partial charge is 0.338 e. The number of aromatic nitrogens is 6. The van der Waals surface area contributed by atoms with Gasteiger partial charge in [0.25, 0.3) is 0 Å². The van der Waals surface area contributed by atoms with Crippen molar-refractivity contribution in [3.05, 3.63) is 87.6 Å². The molecule has 0 bridgehead atoms. The maximum absolute atomic E-state index is 15.4. The molecule has 3 aromatic heterocycles. The lowest BCUT2D eigenvalue weighted by Gasteiger charge is -2.21. The monoisotopic (exact) mass is 493 g/mol. The fourth-order valence-corrected chi connectivity index (χ4v) is 4.94. The molecule has 8 nitrogen and oxygen atoms in total. The SMILES string of the molecule is Cc1cc(-n2nc3c(c2-n2ccn(-c4ccc5c(cnn5C)c4F)c2=O)[C@H](C)NCC3)cc(F)c1F. The van der Waals surface area contributed by atoms with Crippen LogP contribution in [0.4, 0.5) is 13.2 Å². The summed E-state index contributed by atoms with van der Waals surface area (Å²) in [6.07, 6.45) is 5.02. The van der Waals surface area contributed by atoms with E-state index in [9.17, 15) is 13.6 Å². The highest BCUT2D eigenvalue weighted by molar-refractivity contribution is 5.81. The van der Waals surface area contributed by atoms with Gasteiger partial charge < -0.3 is 5.32 Å². The van der Waals surface area contributed by atoms with Crippen LogP contribution in [0.25, 0.3) is 28.1 Å². The number of aryl methyl sites for hydroxylation is 2. The normalized spacial score (nSPS) is 15.6. The van der Waals surface area contributed by atoms with Gasteiger partial charge >= 0.3 is 5.69 Å². The number of imidazole rings is 1. The fraction of sp³-hybridized carbons (Fsp3) is 0.240. The Balaban J connectivity index is 1.59. The third kappa shape index (κ3) is 3.15. The number of halogens is 3. The first-order chi connectivity index (χ1) is 17.3. The highest BCUT2D eigenvalue weighted by Crippen LogP contribution is 2.31. The number of hydrogen-bond acceptors (Lipinski definition) is 4. The Hall–Kier alpha value is -4.12. The van der Waals surface area contributed by atoms with E-state index < -0.39 is 23.1 Å². The molecule has 1 atom stereocenters. The van der Waals surface area contributed by atoms with E-state index in [2.05, 4.69) is 15.5 Å². The van der Waals surface area contributed by atoms with Gasteiger partial charge in [-0.2, -0.15) is 10.2 Å². The van der Waals surface area contributed by atoms with Gasteiger partial charge in [-0.1, -0.05) is 0 Å². The van der Waals surface area contributed by atoms with E-state index in [4.69, 9.17) is 0 Å². The Kier molecular flexibility index (Phi) is 4.94. The minimum absolute atomic E-state index is 0.0778. The first kappa shape index (κ1) is 22.4. The second-order valence-corrected chi connectivity index (χ2v) is 9.00. The molecule has 0 aliphatic carbocycles. The third-order valence-corrected chi connectivity index (χ3v) is 6.77. The van der Waals surface area contributed by atoms with Crippen molar-refractivity contribution < 1.29 is 13.2 Å². The second kappa shape index (κ2) is 7.95. The number of hydrogen-bond donors (Lipinski definition) is 1. The summed E-state index contributed by atoms with van der Waals surface area (Å²) in [5.41, 5.74) is 2.07. The molecule has 11 heteroatoms. The van der Waals surface area contributed by atoms with Crippen molar-refractivity contribution in [1.29, 1.82) is 0 Å². The van der Waals surface area contributed by atoms with E-state index in [1.807, 2.05) is 6.92 Å². The summed E-state index contributed by atoms with van der Waals surface area (Å²) >= 11 is 0. The molecule has 5 aromatic rings. The molecule has 36 heavy (non-hydrogen) atoms. The van der Waals surface area contributed by atoms with Crippen LogP contribution in [0, 0.1) is 24.4 Å². The van der Waals surface area contributed by atoms with Gasteiger partial charge in [0, 0.05) is 50.1 Å². The van der Waals surface area contributed by atoms with Crippen LogP contribution in [-0.2, 0) is 13.5 Å². The number of nitrogens with zero attached hydrogens (tertiary/aromatic N) is 6. The van der Waals surface area contributed by atoms with Crippen LogP contribution in [0.5, 0.6) is 0 Å². The van der Waals surface area contributed by atoms with Crippen molar-refractivity contribution in [3.63, 3.8) is 0 Å². The predicted molar refractivity (Wildman–Crippen MR) is 127 cm³/mol. The van der Waals surface area contributed by atoms with E-state index in [0.29, 0.717) is 29.7 Å². The number of benzene rings is 2. The third-order valence-electron chi connectivity index (χ3n) is 6.77. The standard InChI is InChI=1S/C25H22F3N7O/c1-13-10-15(11-17(26)22(13)27)35-24(21-14(2)29-7-6-18(21)31-35)34-9-8-33(25(34)36)20-5-4-19-16(23(20)28)12-30-32(19)3/h4-5,8-12,14,29H,6-7H2,1-3H3/t14-/m0/s1. The average Bonchev–Trinajstić information content (AvgIpc) is 3.53. The molecule has 2 aromatic carbocycles. The van der Waals surface area contributed by atoms with Gasteiger partial charge in [-0.05, 0) is 37.6 Å². The quantitative estimate of drug-likeness (QED) is 0.417. The van der Waals surface area contributed by atoms with Crippen LogP contribution >= 0.6 is 0 Å². The fourth-order valence-electron chi connectivity index (χ4n) is 4.94. The van der Waals surface area contributed by atoms with E-state index >= 15 is 4.39 Å². The molecule has 1 aliphatic heterocycles. The number of nitrogens with one attached hydrogen (secondary N) is 1. The van der Waals surface area contributed by atoms with Crippen molar-refractivity contribution in [2.24, 2.45) is 7.05 Å². The summed E-state index contributed by atoms with van der Waals surface area (Å²) in [4.78, 5) is 13.7. The molecule has 6 rings (SSSR count). The smallest absolute Gasteiger partial charge is 0.310 e. The van der Waals surface area contributed by atoms with Crippen LogP contribution < -0.4 is 11.0 Å². The molecule has 0 fully saturated rings. The summed E-state index contributed by atoms with van der Waals surface area (Å²) in [6, 6.07) is 5.62. The molecule has 184 valence electrons.